The van der Waals surface area contributed by atoms with Crippen LogP contribution in [0, 0.1) is 6.92 Å². The molecule has 0 atom stereocenters. The predicted molar refractivity (Wildman–Crippen MR) is 112 cm³/mol. The van der Waals surface area contributed by atoms with Crippen LogP contribution in [-0.2, 0) is 6.54 Å². The second-order valence-electron chi connectivity index (χ2n) is 6.97. The number of carbonyl (C=O) groups is 2. The predicted octanol–water partition coefficient (Wildman–Crippen LogP) is 5.06. The average Bonchev–Trinajstić information content (AvgIpc) is 3.10. The lowest BCUT2D eigenvalue weighted by atomic mass is 9.92. The Morgan fingerprint density at radius 3 is 2.34 bits per heavy atom. The molecule has 5 nitrogen and oxygen atoms in total. The van der Waals surface area contributed by atoms with Crippen LogP contribution in [-0.4, -0.2) is 26.7 Å². The van der Waals surface area contributed by atoms with Gasteiger partial charge in [-0.3, -0.25) is 0 Å². The quantitative estimate of drug-likeness (QED) is 0.503. The van der Waals surface area contributed by atoms with Gasteiger partial charge in [0.25, 0.3) is 0 Å². The minimum absolute atomic E-state index is 0.000296. The van der Waals surface area contributed by atoms with Gasteiger partial charge >= 0.3 is 11.9 Å². The van der Waals surface area contributed by atoms with Crippen LogP contribution in [0.4, 0.5) is 0 Å². The van der Waals surface area contributed by atoms with E-state index in [1.165, 1.54) is 18.6 Å². The van der Waals surface area contributed by atoms with Gasteiger partial charge in [0.15, 0.2) is 0 Å². The van der Waals surface area contributed by atoms with Gasteiger partial charge in [0.1, 0.15) is 0 Å². The van der Waals surface area contributed by atoms with Crippen LogP contribution in [0.3, 0.4) is 0 Å². The molecule has 4 rings (SSSR count). The lowest BCUT2D eigenvalue weighted by molar-refractivity contribution is 0.0696. The van der Waals surface area contributed by atoms with Crippen LogP contribution in [0.15, 0.2) is 72.9 Å². The SMILES string of the molecule is Cc1c(C(=O)O)ccc(-c2ccc3ccn(Cc4ccccc4)c3c2)c1C(=O)O. The maximum atomic E-state index is 11.9. The summed E-state index contributed by atoms with van der Waals surface area (Å²) in [4.78, 5) is 23.3. The van der Waals surface area contributed by atoms with Crippen molar-refractivity contribution in [1.29, 1.82) is 0 Å². The molecule has 0 fully saturated rings. The van der Waals surface area contributed by atoms with Gasteiger partial charge in [-0.2, -0.15) is 0 Å². The summed E-state index contributed by atoms with van der Waals surface area (Å²) in [5.41, 5.74) is 3.68. The largest absolute Gasteiger partial charge is 0.478 e. The Morgan fingerprint density at radius 2 is 1.66 bits per heavy atom. The van der Waals surface area contributed by atoms with Crippen LogP contribution in [0.5, 0.6) is 0 Å². The van der Waals surface area contributed by atoms with Gasteiger partial charge in [-0.25, -0.2) is 9.59 Å². The van der Waals surface area contributed by atoms with Crippen molar-refractivity contribution in [2.75, 3.05) is 0 Å². The first-order valence-electron chi connectivity index (χ1n) is 9.19. The molecule has 29 heavy (non-hydrogen) atoms. The summed E-state index contributed by atoms with van der Waals surface area (Å²) >= 11 is 0. The van der Waals surface area contributed by atoms with Crippen molar-refractivity contribution in [1.82, 2.24) is 4.57 Å². The van der Waals surface area contributed by atoms with E-state index in [4.69, 9.17) is 0 Å². The molecule has 3 aromatic carbocycles. The van der Waals surface area contributed by atoms with Gasteiger partial charge < -0.3 is 14.8 Å². The zero-order chi connectivity index (χ0) is 20.5. The maximum Gasteiger partial charge on any atom is 0.336 e. The molecule has 1 aromatic heterocycles. The molecular weight excluding hydrogens is 366 g/mol. The zero-order valence-corrected chi connectivity index (χ0v) is 15.8. The fraction of sp³-hybridized carbons (Fsp3) is 0.0833. The van der Waals surface area contributed by atoms with Gasteiger partial charge in [0.2, 0.25) is 0 Å². The standard InChI is InChI=1S/C24H19NO4/c1-15-19(23(26)27)9-10-20(22(15)24(28)29)18-8-7-17-11-12-25(21(17)13-18)14-16-5-3-2-4-6-16/h2-13H,14H2,1H3,(H,26,27)(H,28,29). The van der Waals surface area contributed by atoms with E-state index in [1.807, 2.05) is 48.7 Å². The Morgan fingerprint density at radius 1 is 0.897 bits per heavy atom. The molecule has 0 aliphatic rings. The molecule has 0 aliphatic heterocycles. The van der Waals surface area contributed by atoms with Crippen LogP contribution in [0.25, 0.3) is 22.0 Å². The number of carboxylic acids is 2. The molecule has 0 saturated carbocycles. The minimum Gasteiger partial charge on any atom is -0.478 e. The highest BCUT2D eigenvalue weighted by atomic mass is 16.4. The molecule has 0 amide bonds. The number of fused-ring (bicyclic) bond motifs is 1. The van der Waals surface area contributed by atoms with Crippen LogP contribution in [0.2, 0.25) is 0 Å². The Balaban J connectivity index is 1.85. The summed E-state index contributed by atoms with van der Waals surface area (Å²) < 4.78 is 2.12. The van der Waals surface area contributed by atoms with Crippen molar-refractivity contribution in [2.24, 2.45) is 0 Å². The Labute approximate surface area is 167 Å². The van der Waals surface area contributed by atoms with E-state index >= 15 is 0 Å². The van der Waals surface area contributed by atoms with Crippen LogP contribution >= 0.6 is 0 Å². The van der Waals surface area contributed by atoms with Gasteiger partial charge in [-0.1, -0.05) is 48.5 Å². The second-order valence-corrected chi connectivity index (χ2v) is 6.97. The molecule has 0 saturated heterocycles. The van der Waals surface area contributed by atoms with E-state index in [-0.39, 0.29) is 16.7 Å². The lowest BCUT2D eigenvalue weighted by Crippen LogP contribution is -2.09. The first kappa shape index (κ1) is 18.5. The normalized spacial score (nSPS) is 10.9. The first-order valence-corrected chi connectivity index (χ1v) is 9.19. The molecule has 0 bridgehead atoms. The van der Waals surface area contributed by atoms with Crippen molar-refractivity contribution in [2.45, 2.75) is 13.5 Å². The number of carboxylic acid groups (broad SMARTS) is 2. The smallest absolute Gasteiger partial charge is 0.336 e. The van der Waals surface area contributed by atoms with E-state index < -0.39 is 11.9 Å². The molecule has 144 valence electrons. The molecule has 5 heteroatoms. The number of hydrogen-bond acceptors (Lipinski definition) is 2. The zero-order valence-electron chi connectivity index (χ0n) is 15.8. The summed E-state index contributed by atoms with van der Waals surface area (Å²) in [5, 5.41) is 20.1. The Bertz CT molecular complexity index is 1240. The number of aromatic nitrogens is 1. The third-order valence-corrected chi connectivity index (χ3v) is 5.19. The topological polar surface area (TPSA) is 79.5 Å². The number of aromatic carboxylic acids is 2. The van der Waals surface area contributed by atoms with Crippen LogP contribution < -0.4 is 0 Å². The minimum atomic E-state index is -1.14. The van der Waals surface area contributed by atoms with Crippen molar-refractivity contribution < 1.29 is 19.8 Å². The van der Waals surface area contributed by atoms with Gasteiger partial charge in [0, 0.05) is 18.3 Å². The maximum absolute atomic E-state index is 11.9. The molecule has 1 heterocycles. The molecule has 0 radical (unpaired) electrons. The fourth-order valence-electron chi connectivity index (χ4n) is 3.73. The summed E-state index contributed by atoms with van der Waals surface area (Å²) in [6.07, 6.45) is 2.01. The highest BCUT2D eigenvalue weighted by Gasteiger charge is 2.20. The van der Waals surface area contributed by atoms with E-state index in [1.54, 1.807) is 6.07 Å². The Hall–Kier alpha value is -3.86. The van der Waals surface area contributed by atoms with Crippen LogP contribution in [0.1, 0.15) is 31.8 Å². The summed E-state index contributed by atoms with van der Waals surface area (Å²) in [6.45, 7) is 2.24. The first-order chi connectivity index (χ1) is 14.0. The fourth-order valence-corrected chi connectivity index (χ4v) is 3.73. The van der Waals surface area contributed by atoms with E-state index in [0.717, 1.165) is 16.5 Å². The Kier molecular flexibility index (Phi) is 4.64. The summed E-state index contributed by atoms with van der Waals surface area (Å²) in [6, 6.07) is 21.0. The number of hydrogen-bond donors (Lipinski definition) is 2. The monoisotopic (exact) mass is 385 g/mol. The average molecular weight is 385 g/mol. The summed E-state index contributed by atoms with van der Waals surface area (Å²) in [5.74, 6) is -2.27. The van der Waals surface area contributed by atoms with Gasteiger partial charge in [-0.05, 0) is 52.8 Å². The molecule has 4 aromatic rings. The van der Waals surface area contributed by atoms with Gasteiger partial charge in [0.05, 0.1) is 11.1 Å². The summed E-state index contributed by atoms with van der Waals surface area (Å²) in [7, 11) is 0. The number of rotatable bonds is 5. The molecule has 0 spiro atoms. The van der Waals surface area contributed by atoms with Crippen molar-refractivity contribution in [3.63, 3.8) is 0 Å². The molecule has 2 N–H and O–H groups in total. The number of benzene rings is 3. The van der Waals surface area contributed by atoms with E-state index in [0.29, 0.717) is 12.1 Å². The third kappa shape index (κ3) is 3.38. The third-order valence-electron chi connectivity index (χ3n) is 5.19. The highest BCUT2D eigenvalue weighted by molar-refractivity contribution is 6.02. The van der Waals surface area contributed by atoms with Crippen molar-refractivity contribution in [3.8, 4) is 11.1 Å². The second kappa shape index (κ2) is 7.28. The van der Waals surface area contributed by atoms with Crippen molar-refractivity contribution in [3.05, 3.63) is 95.2 Å². The highest BCUT2D eigenvalue weighted by Crippen LogP contribution is 2.31. The van der Waals surface area contributed by atoms with Crippen molar-refractivity contribution >= 4 is 22.8 Å². The van der Waals surface area contributed by atoms with Gasteiger partial charge in [-0.15, -0.1) is 0 Å². The molecule has 0 aliphatic carbocycles. The van der Waals surface area contributed by atoms with E-state index in [2.05, 4.69) is 16.7 Å². The lowest BCUT2D eigenvalue weighted by Gasteiger charge is -2.13. The van der Waals surface area contributed by atoms with E-state index in [9.17, 15) is 19.8 Å². The number of nitrogens with zero attached hydrogens (tertiary/aromatic N) is 1. The molecular formula is C24H19NO4. The molecule has 0 unspecified atom stereocenters.